The van der Waals surface area contributed by atoms with Crippen LogP contribution in [0.25, 0.3) is 11.1 Å². The van der Waals surface area contributed by atoms with Gasteiger partial charge in [-0.1, -0.05) is 30.7 Å². The Morgan fingerprint density at radius 1 is 1.00 bits per heavy atom. The van der Waals surface area contributed by atoms with Gasteiger partial charge in [0.2, 0.25) is 0 Å². The van der Waals surface area contributed by atoms with E-state index < -0.39 is 0 Å². The predicted molar refractivity (Wildman–Crippen MR) is 153 cm³/mol. The topological polar surface area (TPSA) is 51.7 Å². The van der Waals surface area contributed by atoms with Crippen molar-refractivity contribution < 1.29 is 18.7 Å². The summed E-state index contributed by atoms with van der Waals surface area (Å²) in [4.78, 5) is 20.2. The maximum absolute atomic E-state index is 13.2. The van der Waals surface area contributed by atoms with Gasteiger partial charge in [-0.05, 0) is 87.8 Å². The third-order valence-electron chi connectivity index (χ3n) is 8.10. The van der Waals surface area contributed by atoms with E-state index in [2.05, 4.69) is 24.0 Å². The summed E-state index contributed by atoms with van der Waals surface area (Å²) >= 11 is 0. The normalized spacial score (nSPS) is 18.5. The molecule has 0 spiro atoms. The van der Waals surface area contributed by atoms with Gasteiger partial charge in [0, 0.05) is 42.0 Å². The lowest BCUT2D eigenvalue weighted by molar-refractivity contribution is -0.146. The molecular formula is C33H39FN2O3. The minimum atomic E-state index is -0.229. The minimum absolute atomic E-state index is 0.152. The molecule has 2 unspecified atom stereocenters. The summed E-state index contributed by atoms with van der Waals surface area (Å²) in [7, 11) is 0. The van der Waals surface area contributed by atoms with Gasteiger partial charge in [-0.3, -0.25) is 9.78 Å². The molecule has 39 heavy (non-hydrogen) atoms. The molecule has 2 aliphatic rings. The molecule has 2 aromatic carbocycles. The monoisotopic (exact) mass is 530 g/mol. The molecule has 5 rings (SSSR count). The Bertz CT molecular complexity index is 1290. The lowest BCUT2D eigenvalue weighted by Gasteiger charge is -2.28. The third kappa shape index (κ3) is 6.26. The van der Waals surface area contributed by atoms with E-state index in [0.717, 1.165) is 70.0 Å². The Morgan fingerprint density at radius 3 is 2.31 bits per heavy atom. The molecule has 1 aromatic heterocycles. The van der Waals surface area contributed by atoms with Crippen molar-refractivity contribution in [1.82, 2.24) is 4.98 Å². The van der Waals surface area contributed by atoms with E-state index in [1.54, 1.807) is 12.1 Å². The fraction of sp³-hybridized carbons (Fsp3) is 0.455. The molecule has 0 amide bonds. The molecule has 0 N–H and O–H groups in total. The molecule has 0 radical (unpaired) electrons. The zero-order chi connectivity index (χ0) is 27.5. The van der Waals surface area contributed by atoms with Crippen LogP contribution in [0.5, 0.6) is 5.75 Å². The highest BCUT2D eigenvalue weighted by Gasteiger charge is 2.38. The summed E-state index contributed by atoms with van der Waals surface area (Å²) in [6.07, 6.45) is 4.67. The van der Waals surface area contributed by atoms with Gasteiger partial charge in [0.15, 0.2) is 0 Å². The number of rotatable bonds is 9. The zero-order valence-corrected chi connectivity index (χ0v) is 23.5. The van der Waals surface area contributed by atoms with Crippen molar-refractivity contribution in [3.8, 4) is 16.9 Å². The van der Waals surface area contributed by atoms with Crippen molar-refractivity contribution in [3.05, 3.63) is 76.9 Å². The standard InChI is InChI=1S/C33H39FN2O3/c1-21(2)39-31(37)18-30-22(3)35-23(4)32(33(30)36-19-26-6-5-7-27(26)20-36)25-10-14-29(15-11-25)38-17-16-24-8-12-28(34)13-9-24/h8-15,21,26-27H,5-7,16-20H2,1-4H3. The number of nitrogens with zero attached hydrogens (tertiary/aromatic N) is 2. The average molecular weight is 531 g/mol. The van der Waals surface area contributed by atoms with Crippen LogP contribution in [-0.4, -0.2) is 36.8 Å². The van der Waals surface area contributed by atoms with Gasteiger partial charge in [0.05, 0.1) is 24.8 Å². The summed E-state index contributed by atoms with van der Waals surface area (Å²) in [5.41, 5.74) is 7.16. The van der Waals surface area contributed by atoms with Gasteiger partial charge in [-0.15, -0.1) is 0 Å². The number of aryl methyl sites for hydroxylation is 2. The molecule has 1 aliphatic heterocycles. The number of ether oxygens (including phenoxy) is 2. The molecule has 206 valence electrons. The largest absolute Gasteiger partial charge is 0.493 e. The molecule has 3 aromatic rings. The van der Waals surface area contributed by atoms with Crippen LogP contribution < -0.4 is 9.64 Å². The number of halogens is 1. The SMILES string of the molecule is Cc1nc(C)c(-c2ccc(OCCc3ccc(F)cc3)cc2)c(N2CC3CCCC3C2)c1CC(=O)OC(C)C. The Labute approximate surface area is 231 Å². The van der Waals surface area contributed by atoms with Gasteiger partial charge in [0.25, 0.3) is 0 Å². The second-order valence-electron chi connectivity index (χ2n) is 11.3. The number of aromatic nitrogens is 1. The van der Waals surface area contributed by atoms with Crippen molar-refractivity contribution in [3.63, 3.8) is 0 Å². The first kappa shape index (κ1) is 27.2. The molecule has 0 bridgehead atoms. The van der Waals surface area contributed by atoms with Gasteiger partial charge in [-0.2, -0.15) is 0 Å². The molecular weight excluding hydrogens is 491 g/mol. The van der Waals surface area contributed by atoms with Crippen molar-refractivity contribution in [2.45, 2.75) is 65.9 Å². The molecule has 5 nitrogen and oxygen atoms in total. The van der Waals surface area contributed by atoms with E-state index in [0.29, 0.717) is 13.0 Å². The Hall–Kier alpha value is -3.41. The summed E-state index contributed by atoms with van der Waals surface area (Å²) in [6, 6.07) is 14.7. The number of pyridine rings is 1. The van der Waals surface area contributed by atoms with Crippen LogP contribution in [-0.2, 0) is 22.4 Å². The number of carbonyl (C=O) groups is 1. The highest BCUT2D eigenvalue weighted by atomic mass is 19.1. The van der Waals surface area contributed by atoms with E-state index >= 15 is 0 Å². The Kier molecular flexibility index (Phi) is 8.20. The first-order valence-electron chi connectivity index (χ1n) is 14.2. The molecule has 1 saturated heterocycles. The fourth-order valence-corrected chi connectivity index (χ4v) is 6.30. The van der Waals surface area contributed by atoms with Crippen molar-refractivity contribution in [1.29, 1.82) is 0 Å². The second-order valence-corrected chi connectivity index (χ2v) is 11.3. The van der Waals surface area contributed by atoms with Crippen LogP contribution >= 0.6 is 0 Å². The van der Waals surface area contributed by atoms with E-state index in [4.69, 9.17) is 14.5 Å². The average Bonchev–Trinajstić information content (AvgIpc) is 3.49. The molecule has 2 heterocycles. The van der Waals surface area contributed by atoms with Gasteiger partial charge in [0.1, 0.15) is 11.6 Å². The number of esters is 1. The number of hydrogen-bond acceptors (Lipinski definition) is 5. The molecule has 2 fully saturated rings. The van der Waals surface area contributed by atoms with Crippen LogP contribution in [0, 0.1) is 31.5 Å². The number of benzene rings is 2. The van der Waals surface area contributed by atoms with Gasteiger partial charge >= 0.3 is 5.97 Å². The van der Waals surface area contributed by atoms with Gasteiger partial charge < -0.3 is 14.4 Å². The van der Waals surface area contributed by atoms with Crippen LogP contribution in [0.3, 0.4) is 0 Å². The lowest BCUT2D eigenvalue weighted by Crippen LogP contribution is -2.25. The van der Waals surface area contributed by atoms with Gasteiger partial charge in [-0.25, -0.2) is 4.39 Å². The zero-order valence-electron chi connectivity index (χ0n) is 23.5. The molecule has 1 saturated carbocycles. The van der Waals surface area contributed by atoms with E-state index in [1.807, 2.05) is 32.9 Å². The number of hydrogen-bond donors (Lipinski definition) is 0. The summed E-state index contributed by atoms with van der Waals surface area (Å²) in [6.45, 7) is 10.4. The third-order valence-corrected chi connectivity index (χ3v) is 8.10. The summed E-state index contributed by atoms with van der Waals surface area (Å²) < 4.78 is 24.7. The molecule has 1 aliphatic carbocycles. The maximum atomic E-state index is 13.2. The summed E-state index contributed by atoms with van der Waals surface area (Å²) in [5, 5.41) is 0. The van der Waals surface area contributed by atoms with E-state index in [-0.39, 0.29) is 24.3 Å². The van der Waals surface area contributed by atoms with Crippen molar-refractivity contribution >= 4 is 11.7 Å². The molecule has 2 atom stereocenters. The smallest absolute Gasteiger partial charge is 0.310 e. The number of carbonyl (C=O) groups excluding carboxylic acids is 1. The quantitative estimate of drug-likeness (QED) is 0.283. The van der Waals surface area contributed by atoms with Crippen LogP contribution in [0.15, 0.2) is 48.5 Å². The minimum Gasteiger partial charge on any atom is -0.493 e. The number of anilines is 1. The van der Waals surface area contributed by atoms with E-state index in [9.17, 15) is 9.18 Å². The van der Waals surface area contributed by atoms with Crippen molar-refractivity contribution in [2.24, 2.45) is 11.8 Å². The lowest BCUT2D eigenvalue weighted by atomic mass is 9.95. The summed E-state index contributed by atoms with van der Waals surface area (Å²) in [5.74, 6) is 1.79. The Balaban J connectivity index is 1.42. The second kappa shape index (κ2) is 11.8. The maximum Gasteiger partial charge on any atom is 0.310 e. The van der Waals surface area contributed by atoms with E-state index in [1.165, 1.54) is 31.4 Å². The first-order valence-corrected chi connectivity index (χ1v) is 14.2. The number of fused-ring (bicyclic) bond motifs is 1. The highest BCUT2D eigenvalue weighted by molar-refractivity contribution is 5.87. The van der Waals surface area contributed by atoms with Crippen molar-refractivity contribution in [2.75, 3.05) is 24.6 Å². The Morgan fingerprint density at radius 2 is 1.67 bits per heavy atom. The van der Waals surface area contributed by atoms with Crippen LogP contribution in [0.1, 0.15) is 55.6 Å². The fourth-order valence-electron chi connectivity index (χ4n) is 6.30. The van der Waals surface area contributed by atoms with Crippen LogP contribution in [0.2, 0.25) is 0 Å². The molecule has 6 heteroatoms. The predicted octanol–water partition coefficient (Wildman–Crippen LogP) is 6.86. The highest BCUT2D eigenvalue weighted by Crippen LogP contribution is 2.45. The van der Waals surface area contributed by atoms with Crippen LogP contribution in [0.4, 0.5) is 10.1 Å². The first-order chi connectivity index (χ1) is 18.8.